The van der Waals surface area contributed by atoms with E-state index in [1.165, 1.54) is 18.2 Å². The van der Waals surface area contributed by atoms with E-state index in [1.54, 1.807) is 0 Å². The Hall–Kier alpha value is -2.90. The van der Waals surface area contributed by atoms with Crippen LogP contribution in [-0.4, -0.2) is 18.0 Å². The zero-order chi connectivity index (χ0) is 17.2. The van der Waals surface area contributed by atoms with E-state index < -0.39 is 22.6 Å². The lowest BCUT2D eigenvalue weighted by molar-refractivity contribution is -0.384. The minimum absolute atomic E-state index is 0.107. The molecule has 8 heteroatoms. The van der Waals surface area contributed by atoms with Crippen LogP contribution in [0.25, 0.3) is 11.1 Å². The SMILES string of the molecule is COC(=O)c1cc([N+](=O)[O-])ccc1-c1cccc(C(F)(F)F)c1. The molecule has 2 rings (SSSR count). The normalized spacial score (nSPS) is 11.1. The smallest absolute Gasteiger partial charge is 0.416 e. The molecule has 0 heterocycles. The minimum atomic E-state index is -4.54. The number of benzene rings is 2. The highest BCUT2D eigenvalue weighted by molar-refractivity contribution is 5.98. The number of nitrogens with zero attached hydrogens (tertiary/aromatic N) is 1. The van der Waals surface area contributed by atoms with E-state index in [2.05, 4.69) is 4.74 Å². The monoisotopic (exact) mass is 325 g/mol. The van der Waals surface area contributed by atoms with E-state index in [0.717, 1.165) is 31.4 Å². The zero-order valence-corrected chi connectivity index (χ0v) is 11.8. The van der Waals surface area contributed by atoms with Crippen molar-refractivity contribution in [2.75, 3.05) is 7.11 Å². The van der Waals surface area contributed by atoms with E-state index in [0.29, 0.717) is 0 Å². The lowest BCUT2D eigenvalue weighted by Gasteiger charge is -2.11. The minimum Gasteiger partial charge on any atom is -0.465 e. The van der Waals surface area contributed by atoms with E-state index in [9.17, 15) is 28.1 Å². The number of rotatable bonds is 3. The number of alkyl halides is 3. The third-order valence-electron chi connectivity index (χ3n) is 3.12. The van der Waals surface area contributed by atoms with Crippen LogP contribution < -0.4 is 0 Å². The van der Waals surface area contributed by atoms with Gasteiger partial charge in [0.15, 0.2) is 0 Å². The summed E-state index contributed by atoms with van der Waals surface area (Å²) in [5.74, 6) is -0.874. The van der Waals surface area contributed by atoms with Crippen molar-refractivity contribution in [1.82, 2.24) is 0 Å². The maximum Gasteiger partial charge on any atom is 0.416 e. The molecule has 0 saturated heterocycles. The molecule has 0 bridgehead atoms. The van der Waals surface area contributed by atoms with Crippen molar-refractivity contribution in [3.05, 3.63) is 63.7 Å². The maximum absolute atomic E-state index is 12.8. The molecule has 0 aromatic heterocycles. The van der Waals surface area contributed by atoms with Crippen molar-refractivity contribution < 1.29 is 27.6 Å². The van der Waals surface area contributed by atoms with Gasteiger partial charge in [0, 0.05) is 12.1 Å². The van der Waals surface area contributed by atoms with Crippen LogP contribution in [-0.2, 0) is 10.9 Å². The van der Waals surface area contributed by atoms with Crippen LogP contribution >= 0.6 is 0 Å². The first kappa shape index (κ1) is 16.5. The van der Waals surface area contributed by atoms with Gasteiger partial charge in [-0.1, -0.05) is 12.1 Å². The lowest BCUT2D eigenvalue weighted by atomic mass is 9.97. The molecular formula is C15H10F3NO4. The van der Waals surface area contributed by atoms with E-state index >= 15 is 0 Å². The summed E-state index contributed by atoms with van der Waals surface area (Å²) in [5.41, 5.74) is -1.20. The first-order valence-corrected chi connectivity index (χ1v) is 6.28. The lowest BCUT2D eigenvalue weighted by Crippen LogP contribution is -2.07. The quantitative estimate of drug-likeness (QED) is 0.484. The molecule has 120 valence electrons. The Bertz CT molecular complexity index is 772. The van der Waals surface area contributed by atoms with Gasteiger partial charge in [-0.25, -0.2) is 4.79 Å². The van der Waals surface area contributed by atoms with Crippen molar-refractivity contribution in [3.63, 3.8) is 0 Å². The molecule has 2 aromatic rings. The molecular weight excluding hydrogens is 315 g/mol. The number of halogens is 3. The maximum atomic E-state index is 12.8. The number of nitro benzene ring substituents is 1. The van der Waals surface area contributed by atoms with Gasteiger partial charge in [0.05, 0.1) is 23.2 Å². The first-order chi connectivity index (χ1) is 10.7. The fourth-order valence-electron chi connectivity index (χ4n) is 2.04. The van der Waals surface area contributed by atoms with Gasteiger partial charge in [0.1, 0.15) is 0 Å². The second kappa shape index (κ2) is 6.07. The average molecular weight is 325 g/mol. The predicted molar refractivity (Wildman–Crippen MR) is 74.9 cm³/mol. The van der Waals surface area contributed by atoms with Crippen LogP contribution in [0.3, 0.4) is 0 Å². The fraction of sp³-hybridized carbons (Fsp3) is 0.133. The van der Waals surface area contributed by atoms with E-state index in [-0.39, 0.29) is 22.4 Å². The highest BCUT2D eigenvalue weighted by Crippen LogP contribution is 2.34. The summed E-state index contributed by atoms with van der Waals surface area (Å²) < 4.78 is 42.9. The molecule has 0 radical (unpaired) electrons. The predicted octanol–water partition coefficient (Wildman–Crippen LogP) is 4.07. The number of hydrogen-bond acceptors (Lipinski definition) is 4. The van der Waals surface area contributed by atoms with Crippen molar-refractivity contribution in [1.29, 1.82) is 0 Å². The van der Waals surface area contributed by atoms with Gasteiger partial charge >= 0.3 is 12.1 Å². The number of nitro groups is 1. The number of hydrogen-bond donors (Lipinski definition) is 0. The summed E-state index contributed by atoms with van der Waals surface area (Å²) in [5, 5.41) is 10.8. The summed E-state index contributed by atoms with van der Waals surface area (Å²) in [6.45, 7) is 0. The highest BCUT2D eigenvalue weighted by atomic mass is 19.4. The Labute approximate surface area is 128 Å². The molecule has 0 amide bonds. The molecule has 0 saturated carbocycles. The van der Waals surface area contributed by atoms with Gasteiger partial charge in [-0.05, 0) is 29.3 Å². The van der Waals surface area contributed by atoms with Gasteiger partial charge in [0.25, 0.3) is 5.69 Å². The second-order valence-corrected chi connectivity index (χ2v) is 4.56. The molecule has 0 fully saturated rings. The summed E-state index contributed by atoms with van der Waals surface area (Å²) in [6, 6.07) is 7.65. The molecule has 23 heavy (non-hydrogen) atoms. The van der Waals surface area contributed by atoms with E-state index in [1.807, 2.05) is 0 Å². The second-order valence-electron chi connectivity index (χ2n) is 4.56. The molecule has 5 nitrogen and oxygen atoms in total. The zero-order valence-electron chi connectivity index (χ0n) is 11.8. The van der Waals surface area contributed by atoms with E-state index in [4.69, 9.17) is 0 Å². The molecule has 0 aliphatic rings. The fourth-order valence-corrected chi connectivity index (χ4v) is 2.04. The topological polar surface area (TPSA) is 69.4 Å². The summed E-state index contributed by atoms with van der Waals surface area (Å²) in [7, 11) is 1.08. The summed E-state index contributed by atoms with van der Waals surface area (Å²) >= 11 is 0. The number of esters is 1. The molecule has 0 aliphatic heterocycles. The van der Waals surface area contributed by atoms with Crippen molar-refractivity contribution in [2.45, 2.75) is 6.18 Å². The molecule has 0 aliphatic carbocycles. The van der Waals surface area contributed by atoms with Gasteiger partial charge in [-0.2, -0.15) is 13.2 Å². The Kier molecular flexibility index (Phi) is 4.35. The number of methoxy groups -OCH3 is 1. The standard InChI is InChI=1S/C15H10F3NO4/c1-23-14(20)13-8-11(19(21)22)5-6-12(13)9-3-2-4-10(7-9)15(16,17)18/h2-8H,1H3. The number of non-ortho nitro benzene ring substituents is 1. The van der Waals surface area contributed by atoms with Crippen molar-refractivity contribution in [2.24, 2.45) is 0 Å². The number of ether oxygens (including phenoxy) is 1. The molecule has 0 atom stereocenters. The first-order valence-electron chi connectivity index (χ1n) is 6.28. The van der Waals surface area contributed by atoms with Crippen molar-refractivity contribution >= 4 is 11.7 Å². The van der Waals surface area contributed by atoms with Crippen LogP contribution in [0.15, 0.2) is 42.5 Å². The average Bonchev–Trinajstić information content (AvgIpc) is 2.52. The molecule has 2 aromatic carbocycles. The Balaban J connectivity index is 2.63. The van der Waals surface area contributed by atoms with Gasteiger partial charge in [0.2, 0.25) is 0 Å². The van der Waals surface area contributed by atoms with Gasteiger partial charge < -0.3 is 4.74 Å². The Morgan fingerprint density at radius 3 is 2.43 bits per heavy atom. The van der Waals surface area contributed by atoms with Crippen LogP contribution in [0.2, 0.25) is 0 Å². The van der Waals surface area contributed by atoms with Gasteiger partial charge in [-0.3, -0.25) is 10.1 Å². The third-order valence-corrected chi connectivity index (χ3v) is 3.12. The molecule has 0 unspecified atom stereocenters. The van der Waals surface area contributed by atoms with Crippen molar-refractivity contribution in [3.8, 4) is 11.1 Å². The Morgan fingerprint density at radius 1 is 1.17 bits per heavy atom. The van der Waals surface area contributed by atoms with Crippen LogP contribution in [0, 0.1) is 10.1 Å². The molecule has 0 spiro atoms. The number of carbonyl (C=O) groups is 1. The van der Waals surface area contributed by atoms with Crippen LogP contribution in [0.1, 0.15) is 15.9 Å². The highest BCUT2D eigenvalue weighted by Gasteiger charge is 2.31. The Morgan fingerprint density at radius 2 is 1.87 bits per heavy atom. The summed E-state index contributed by atoms with van der Waals surface area (Å²) in [4.78, 5) is 21.9. The number of carbonyl (C=O) groups excluding carboxylic acids is 1. The summed E-state index contributed by atoms with van der Waals surface area (Å²) in [6.07, 6.45) is -4.54. The van der Waals surface area contributed by atoms with Gasteiger partial charge in [-0.15, -0.1) is 0 Å². The van der Waals surface area contributed by atoms with Crippen LogP contribution in [0.5, 0.6) is 0 Å². The third kappa shape index (κ3) is 3.47. The van der Waals surface area contributed by atoms with Crippen LogP contribution in [0.4, 0.5) is 18.9 Å². The molecule has 0 N–H and O–H groups in total. The largest absolute Gasteiger partial charge is 0.465 e.